The Morgan fingerprint density at radius 2 is 0.588 bits per heavy atom. The maximum atomic E-state index is 7.06. The Bertz CT molecular complexity index is 3360. The van der Waals surface area contributed by atoms with Crippen molar-refractivity contribution in [3.05, 3.63) is 267 Å². The van der Waals surface area contributed by atoms with Crippen LogP contribution in [0.1, 0.15) is 11.1 Å². The number of rotatable bonds is 6. The smallest absolute Gasteiger partial charge is 0.458 e. The van der Waals surface area contributed by atoms with Crippen LogP contribution in [0, 0.1) is 24.7 Å². The van der Waals surface area contributed by atoms with Crippen molar-refractivity contribution in [2.45, 2.75) is 0 Å². The predicted molar refractivity (Wildman–Crippen MR) is 284 cm³/mol. The zero-order valence-corrected chi connectivity index (χ0v) is 42.8. The molecule has 68 heavy (non-hydrogen) atoms. The molecule has 0 radical (unpaired) electrons. The van der Waals surface area contributed by atoms with Gasteiger partial charge in [-0.25, -0.2) is 0 Å². The second-order valence-corrected chi connectivity index (χ2v) is 20.7. The largest absolute Gasteiger partial charge is 1.00 e. The van der Waals surface area contributed by atoms with Gasteiger partial charge in [-0.15, -0.1) is 23.3 Å². The second kappa shape index (κ2) is 22.5. The predicted octanol–water partition coefficient (Wildman–Crippen LogP) is 12.9. The van der Waals surface area contributed by atoms with Crippen molar-refractivity contribution in [2.24, 2.45) is 0 Å². The fourth-order valence-corrected chi connectivity index (χ4v) is 14.7. The Morgan fingerprint density at radius 3 is 0.926 bits per heavy atom. The van der Waals surface area contributed by atoms with Crippen LogP contribution in [-0.4, -0.2) is 0 Å². The van der Waals surface area contributed by atoms with Crippen LogP contribution in [0.4, 0.5) is 0 Å². The number of fused-ring (bicyclic) bond motifs is 7. The minimum atomic E-state index is -1.23. The van der Waals surface area contributed by atoms with E-state index in [0.29, 0.717) is 0 Å². The first-order chi connectivity index (χ1) is 32.6. The number of hydrogen-bond acceptors (Lipinski definition) is 2. The molecule has 332 valence electrons. The fraction of sp³-hybridized carbons (Fsp3) is 0. The standard InChI is InChI=1S/C34H26P2.2C14H7O.2Au/c1-5-17-29(18-6-1)35(30-19-7-2-8-20-30)33-25-27-15-13-14-16-28(27)26-34(33)36(31-21-9-3-10-22-31)32-23-11-4-12-24-32;2*1-2-10-7-8-12-11-5-3-4-6-13(11)15-14(12)9-10;;/h1-26H;2*3-9H;;/q;2*-1;2*+1/p+2. The average molecular weight is 1270 g/mol. The summed E-state index contributed by atoms with van der Waals surface area (Å²) < 4.78 is 11.3. The Hall–Kier alpha value is -6.48. The summed E-state index contributed by atoms with van der Waals surface area (Å²) in [7, 11) is -2.46. The number of hydrogen-bond donors (Lipinski definition) is 0. The molecule has 10 aromatic carbocycles. The van der Waals surface area contributed by atoms with Crippen molar-refractivity contribution in [3.8, 4) is 11.8 Å². The molecule has 0 bridgehead atoms. The van der Waals surface area contributed by atoms with Gasteiger partial charge in [0.05, 0.1) is 0 Å². The van der Waals surface area contributed by atoms with Crippen molar-refractivity contribution >= 4 is 102 Å². The molecule has 0 N–H and O–H groups in total. The summed E-state index contributed by atoms with van der Waals surface area (Å²) in [5.41, 5.74) is 4.87. The molecule has 0 aliphatic rings. The zero-order chi connectivity index (χ0) is 44.7. The molecule has 6 heteroatoms. The van der Waals surface area contributed by atoms with E-state index in [0.717, 1.165) is 55.0 Å². The van der Waals surface area contributed by atoms with Crippen LogP contribution in [0.5, 0.6) is 0 Å². The third-order valence-electron chi connectivity index (χ3n) is 11.7. The Kier molecular flexibility index (Phi) is 15.9. The molecule has 0 unspecified atom stereocenters. The van der Waals surface area contributed by atoms with Gasteiger partial charge in [0.2, 0.25) is 0 Å². The first kappa shape index (κ1) is 48.0. The van der Waals surface area contributed by atoms with Gasteiger partial charge >= 0.3 is 44.8 Å². The van der Waals surface area contributed by atoms with Gasteiger partial charge in [-0.3, -0.25) is 11.8 Å². The van der Waals surface area contributed by atoms with E-state index in [1.54, 1.807) is 0 Å². The molecule has 12 aromatic rings. The van der Waals surface area contributed by atoms with E-state index in [1.165, 1.54) is 42.6 Å². The van der Waals surface area contributed by atoms with Crippen LogP contribution in [0.25, 0.3) is 54.6 Å². The minimum absolute atomic E-state index is 0. The van der Waals surface area contributed by atoms with Crippen molar-refractivity contribution in [1.82, 2.24) is 0 Å². The van der Waals surface area contributed by atoms with Crippen molar-refractivity contribution < 1.29 is 53.6 Å². The summed E-state index contributed by atoms with van der Waals surface area (Å²) in [5.74, 6) is 4.71. The molecule has 0 fully saturated rings. The van der Waals surface area contributed by atoms with E-state index < -0.39 is 15.8 Å². The van der Waals surface area contributed by atoms with Crippen molar-refractivity contribution in [3.63, 3.8) is 0 Å². The molecule has 0 amide bonds. The van der Waals surface area contributed by atoms with Crippen LogP contribution in [-0.2, 0) is 44.8 Å². The molecule has 0 spiro atoms. The molecule has 2 heterocycles. The summed E-state index contributed by atoms with van der Waals surface area (Å²) >= 11 is 0. The first-order valence-corrected chi connectivity index (χ1v) is 24.8. The first-order valence-electron chi connectivity index (χ1n) is 21.8. The quantitative estimate of drug-likeness (QED) is 0.0718. The molecular weight excluding hydrogens is 1230 g/mol. The van der Waals surface area contributed by atoms with E-state index in [2.05, 4.69) is 170 Å². The summed E-state index contributed by atoms with van der Waals surface area (Å²) in [6.07, 6.45) is 14.1. The zero-order valence-electron chi connectivity index (χ0n) is 36.5. The van der Waals surface area contributed by atoms with Gasteiger partial charge < -0.3 is 21.7 Å². The second-order valence-electron chi connectivity index (χ2n) is 15.8. The SMILES string of the molecule is [Au+].[Au+].[C-]#Cc1ccc2c(c1)oc1ccccc12.[C-]#Cc1ccc2c(c1)oc1ccccc12.c1ccc([PH+](c2ccccc2)c2cc3ccccc3cc2[PH+](c2ccccc2)c2ccccc2)cc1. The van der Waals surface area contributed by atoms with Crippen LogP contribution >= 0.6 is 15.8 Å². The van der Waals surface area contributed by atoms with Gasteiger partial charge in [0.1, 0.15) is 70.0 Å². The van der Waals surface area contributed by atoms with Gasteiger partial charge in [0.25, 0.3) is 0 Å². The molecule has 12 rings (SSSR count). The van der Waals surface area contributed by atoms with Gasteiger partial charge in [0.15, 0.2) is 0 Å². The summed E-state index contributed by atoms with van der Waals surface area (Å²) in [6, 6.07) is 85.5. The van der Waals surface area contributed by atoms with Gasteiger partial charge in [-0.2, -0.15) is 0 Å². The molecule has 0 aliphatic carbocycles. The third-order valence-corrected chi connectivity index (χ3v) is 17.5. The number of para-hydroxylation sites is 2. The van der Waals surface area contributed by atoms with Crippen LogP contribution in [0.15, 0.2) is 251 Å². The minimum Gasteiger partial charge on any atom is -0.458 e. The monoisotopic (exact) mass is 1270 g/mol. The molecule has 0 atom stereocenters. The van der Waals surface area contributed by atoms with Crippen LogP contribution in [0.3, 0.4) is 0 Å². The van der Waals surface area contributed by atoms with Gasteiger partial charge in [0, 0.05) is 21.5 Å². The van der Waals surface area contributed by atoms with Crippen LogP contribution in [0.2, 0.25) is 0 Å². The maximum absolute atomic E-state index is 7.06. The summed E-state index contributed by atoms with van der Waals surface area (Å²) in [5, 5.41) is 15.7. The van der Waals surface area contributed by atoms with Crippen LogP contribution < -0.4 is 31.8 Å². The number of furan rings is 2. The molecule has 0 aliphatic heterocycles. The van der Waals surface area contributed by atoms with E-state index in [4.69, 9.17) is 21.7 Å². The maximum Gasteiger partial charge on any atom is 1.00 e. The van der Waals surface area contributed by atoms with Crippen molar-refractivity contribution in [2.75, 3.05) is 0 Å². The molecule has 2 aromatic heterocycles. The van der Waals surface area contributed by atoms with E-state index in [-0.39, 0.29) is 44.8 Å². The topological polar surface area (TPSA) is 26.3 Å². The normalized spacial score (nSPS) is 10.6. The van der Waals surface area contributed by atoms with E-state index in [1.807, 2.05) is 84.9 Å². The van der Waals surface area contributed by atoms with E-state index in [9.17, 15) is 0 Å². The van der Waals surface area contributed by atoms with E-state index >= 15 is 0 Å². The third kappa shape index (κ3) is 10.3. The summed E-state index contributed by atoms with van der Waals surface area (Å²) in [6.45, 7) is 0. The molecule has 2 nitrogen and oxygen atoms in total. The Balaban J connectivity index is 0.000000160. The average Bonchev–Trinajstić information content (AvgIpc) is 3.96. The molecule has 0 saturated carbocycles. The van der Waals surface area contributed by atoms with Crippen molar-refractivity contribution in [1.29, 1.82) is 0 Å². The fourth-order valence-electron chi connectivity index (χ4n) is 8.64. The molecule has 0 saturated heterocycles. The Morgan fingerprint density at radius 1 is 0.294 bits per heavy atom. The molecular formula is C62H42Au2O2P2+2. The summed E-state index contributed by atoms with van der Waals surface area (Å²) in [4.78, 5) is 0. The van der Waals surface area contributed by atoms with Gasteiger partial charge in [-0.05, 0) is 83.6 Å². The Labute approximate surface area is 431 Å². The number of benzene rings is 10. The van der Waals surface area contributed by atoms with Gasteiger partial charge in [-0.1, -0.05) is 158 Å².